The van der Waals surface area contributed by atoms with Crippen molar-refractivity contribution in [1.82, 2.24) is 4.90 Å². The zero-order valence-corrected chi connectivity index (χ0v) is 10.7. The number of benzene rings is 1. The maximum Gasteiger partial charge on any atom is 0.253 e. The molecule has 1 heterocycles. The number of nitrogens with two attached hydrogens (primary N) is 1. The zero-order chi connectivity index (χ0) is 12.4. The lowest BCUT2D eigenvalue weighted by atomic mass is 10.1. The van der Waals surface area contributed by atoms with Crippen molar-refractivity contribution in [1.29, 1.82) is 0 Å². The average Bonchev–Trinajstić information content (AvgIpc) is 2.80. The van der Waals surface area contributed by atoms with Crippen LogP contribution >= 0.6 is 11.6 Å². The van der Waals surface area contributed by atoms with Gasteiger partial charge in [-0.25, -0.2) is 0 Å². The highest BCUT2D eigenvalue weighted by Gasteiger charge is 2.25. The van der Waals surface area contributed by atoms with E-state index < -0.39 is 0 Å². The van der Waals surface area contributed by atoms with E-state index in [1.807, 2.05) is 4.90 Å². The Balaban J connectivity index is 2.12. The molecule has 0 aliphatic carbocycles. The maximum atomic E-state index is 12.2. The topological polar surface area (TPSA) is 46.3 Å². The highest BCUT2D eigenvalue weighted by atomic mass is 35.5. The number of nitrogen functional groups attached to an aromatic ring is 1. The number of nitrogens with zero attached hydrogens (tertiary/aromatic N) is 1. The minimum atomic E-state index is 0.0596. The Morgan fingerprint density at radius 3 is 2.94 bits per heavy atom. The molecular formula is C13H17ClN2O. The second kappa shape index (κ2) is 4.96. The fourth-order valence-corrected chi connectivity index (χ4v) is 2.33. The number of halogens is 1. The predicted molar refractivity (Wildman–Crippen MR) is 70.2 cm³/mol. The standard InChI is InChI=1S/C13H17ClN2O/c1-2-9-5-6-16(8-9)13(17)10-3-4-11(14)12(15)7-10/h3-4,7,9H,2,5-6,8,15H2,1H3. The molecule has 0 saturated carbocycles. The third kappa shape index (κ3) is 2.55. The van der Waals surface area contributed by atoms with Crippen LogP contribution in [0.15, 0.2) is 18.2 Å². The molecule has 4 heteroatoms. The molecule has 1 saturated heterocycles. The molecule has 2 N–H and O–H groups in total. The Labute approximate surface area is 107 Å². The van der Waals surface area contributed by atoms with Crippen molar-refractivity contribution in [3.8, 4) is 0 Å². The zero-order valence-electron chi connectivity index (χ0n) is 9.95. The summed E-state index contributed by atoms with van der Waals surface area (Å²) in [5.74, 6) is 0.702. The predicted octanol–water partition coefficient (Wildman–Crippen LogP) is 2.79. The van der Waals surface area contributed by atoms with Gasteiger partial charge in [0.15, 0.2) is 0 Å². The highest BCUT2D eigenvalue weighted by molar-refractivity contribution is 6.33. The molecule has 0 bridgehead atoms. The molecule has 2 rings (SSSR count). The summed E-state index contributed by atoms with van der Waals surface area (Å²) in [6, 6.07) is 5.07. The molecule has 92 valence electrons. The Kier molecular flexibility index (Phi) is 3.57. The molecule has 0 spiro atoms. The molecule has 1 fully saturated rings. The lowest BCUT2D eigenvalue weighted by Gasteiger charge is -2.16. The van der Waals surface area contributed by atoms with E-state index in [4.69, 9.17) is 17.3 Å². The van der Waals surface area contributed by atoms with Crippen molar-refractivity contribution >= 4 is 23.2 Å². The van der Waals surface area contributed by atoms with Crippen LogP contribution in [0.4, 0.5) is 5.69 Å². The average molecular weight is 253 g/mol. The molecule has 1 unspecified atom stereocenters. The third-order valence-electron chi connectivity index (χ3n) is 3.39. The fourth-order valence-electron chi connectivity index (χ4n) is 2.21. The first-order chi connectivity index (χ1) is 8.11. The first kappa shape index (κ1) is 12.2. The number of hydrogen-bond donors (Lipinski definition) is 1. The SMILES string of the molecule is CCC1CCN(C(=O)c2ccc(Cl)c(N)c2)C1. The van der Waals surface area contributed by atoms with Gasteiger partial charge in [-0.05, 0) is 30.5 Å². The summed E-state index contributed by atoms with van der Waals surface area (Å²) in [4.78, 5) is 14.1. The van der Waals surface area contributed by atoms with E-state index in [2.05, 4.69) is 6.92 Å². The van der Waals surface area contributed by atoms with Crippen molar-refractivity contribution in [2.45, 2.75) is 19.8 Å². The molecule has 1 aromatic rings. The van der Waals surface area contributed by atoms with Crippen LogP contribution < -0.4 is 5.73 Å². The molecule has 1 atom stereocenters. The van der Waals surface area contributed by atoms with E-state index in [-0.39, 0.29) is 5.91 Å². The maximum absolute atomic E-state index is 12.2. The van der Waals surface area contributed by atoms with Crippen LogP contribution in [0.25, 0.3) is 0 Å². The number of hydrogen-bond acceptors (Lipinski definition) is 2. The Bertz CT molecular complexity index is 433. The summed E-state index contributed by atoms with van der Waals surface area (Å²) in [5, 5.41) is 0.495. The van der Waals surface area contributed by atoms with E-state index in [0.717, 1.165) is 25.9 Å². The van der Waals surface area contributed by atoms with Crippen LogP contribution in [0, 0.1) is 5.92 Å². The summed E-state index contributed by atoms with van der Waals surface area (Å²) >= 11 is 5.84. The van der Waals surface area contributed by atoms with Gasteiger partial charge in [-0.1, -0.05) is 24.9 Å². The Morgan fingerprint density at radius 2 is 2.35 bits per heavy atom. The molecule has 1 aliphatic heterocycles. The Morgan fingerprint density at radius 1 is 1.59 bits per heavy atom. The van der Waals surface area contributed by atoms with E-state index in [1.165, 1.54) is 0 Å². The normalized spacial score (nSPS) is 19.6. The lowest BCUT2D eigenvalue weighted by molar-refractivity contribution is 0.0787. The van der Waals surface area contributed by atoms with Crippen molar-refractivity contribution in [3.63, 3.8) is 0 Å². The Hall–Kier alpha value is -1.22. The molecule has 1 aromatic carbocycles. The summed E-state index contributed by atoms with van der Waals surface area (Å²) in [7, 11) is 0. The van der Waals surface area contributed by atoms with Crippen LogP contribution in [0.5, 0.6) is 0 Å². The first-order valence-corrected chi connectivity index (χ1v) is 6.34. The van der Waals surface area contributed by atoms with Crippen LogP contribution in [-0.4, -0.2) is 23.9 Å². The smallest absolute Gasteiger partial charge is 0.253 e. The van der Waals surface area contributed by atoms with Gasteiger partial charge in [0, 0.05) is 18.7 Å². The summed E-state index contributed by atoms with van der Waals surface area (Å²) in [6.07, 6.45) is 2.23. The summed E-state index contributed by atoms with van der Waals surface area (Å²) in [5.41, 5.74) is 6.80. The second-order valence-corrected chi connectivity index (χ2v) is 4.96. The van der Waals surface area contributed by atoms with Crippen molar-refractivity contribution in [3.05, 3.63) is 28.8 Å². The van der Waals surface area contributed by atoms with Crippen LogP contribution in [0.3, 0.4) is 0 Å². The summed E-state index contributed by atoms with van der Waals surface area (Å²) < 4.78 is 0. The van der Waals surface area contributed by atoms with E-state index in [1.54, 1.807) is 18.2 Å². The quantitative estimate of drug-likeness (QED) is 0.823. The van der Waals surface area contributed by atoms with Crippen molar-refractivity contribution < 1.29 is 4.79 Å². The molecule has 0 aromatic heterocycles. The largest absolute Gasteiger partial charge is 0.398 e. The molecule has 17 heavy (non-hydrogen) atoms. The molecule has 0 radical (unpaired) electrons. The fraction of sp³-hybridized carbons (Fsp3) is 0.462. The van der Waals surface area contributed by atoms with Gasteiger partial charge in [0.25, 0.3) is 5.91 Å². The van der Waals surface area contributed by atoms with E-state index in [9.17, 15) is 4.79 Å². The minimum Gasteiger partial charge on any atom is -0.398 e. The van der Waals surface area contributed by atoms with Gasteiger partial charge in [0.05, 0.1) is 10.7 Å². The molecule has 1 aliphatic rings. The minimum absolute atomic E-state index is 0.0596. The van der Waals surface area contributed by atoms with Crippen molar-refractivity contribution in [2.75, 3.05) is 18.8 Å². The number of rotatable bonds is 2. The van der Waals surface area contributed by atoms with Crippen LogP contribution in [-0.2, 0) is 0 Å². The number of carbonyl (C=O) groups is 1. The second-order valence-electron chi connectivity index (χ2n) is 4.55. The van der Waals surface area contributed by atoms with Gasteiger partial charge in [-0.15, -0.1) is 0 Å². The van der Waals surface area contributed by atoms with Gasteiger partial charge >= 0.3 is 0 Å². The third-order valence-corrected chi connectivity index (χ3v) is 3.74. The molecule has 1 amide bonds. The number of carbonyl (C=O) groups excluding carboxylic acids is 1. The van der Waals surface area contributed by atoms with Crippen LogP contribution in [0.2, 0.25) is 5.02 Å². The van der Waals surface area contributed by atoms with Gasteiger partial charge in [0.1, 0.15) is 0 Å². The first-order valence-electron chi connectivity index (χ1n) is 5.96. The van der Waals surface area contributed by atoms with Gasteiger partial charge in [-0.3, -0.25) is 4.79 Å². The highest BCUT2D eigenvalue weighted by Crippen LogP contribution is 2.24. The van der Waals surface area contributed by atoms with E-state index >= 15 is 0 Å². The van der Waals surface area contributed by atoms with Gasteiger partial charge in [-0.2, -0.15) is 0 Å². The monoisotopic (exact) mass is 252 g/mol. The van der Waals surface area contributed by atoms with E-state index in [0.29, 0.717) is 22.2 Å². The number of amides is 1. The van der Waals surface area contributed by atoms with Crippen LogP contribution in [0.1, 0.15) is 30.1 Å². The van der Waals surface area contributed by atoms with Gasteiger partial charge < -0.3 is 10.6 Å². The molecular weight excluding hydrogens is 236 g/mol. The van der Waals surface area contributed by atoms with Crippen molar-refractivity contribution in [2.24, 2.45) is 5.92 Å². The number of anilines is 1. The molecule has 3 nitrogen and oxygen atoms in total. The lowest BCUT2D eigenvalue weighted by Crippen LogP contribution is -2.28. The number of likely N-dealkylation sites (tertiary alicyclic amines) is 1. The van der Waals surface area contributed by atoms with Gasteiger partial charge in [0.2, 0.25) is 0 Å². The summed E-state index contributed by atoms with van der Waals surface area (Å²) in [6.45, 7) is 3.87.